The topological polar surface area (TPSA) is 66.5 Å². The number of hydrogen-bond donors (Lipinski definition) is 1. The fraction of sp³-hybridized carbons (Fsp3) is 0.211. The summed E-state index contributed by atoms with van der Waals surface area (Å²) < 4.78 is 0. The molecule has 3 amide bonds. The lowest BCUT2D eigenvalue weighted by Crippen LogP contribution is -2.24. The van der Waals surface area contributed by atoms with Crippen LogP contribution in [0.3, 0.4) is 0 Å². The number of nitrogens with one attached hydrogen (secondary N) is 1. The van der Waals surface area contributed by atoms with Gasteiger partial charge in [-0.15, -0.1) is 0 Å². The zero-order valence-corrected chi connectivity index (χ0v) is 13.8. The first kappa shape index (κ1) is 15.9. The second-order valence-corrected chi connectivity index (χ2v) is 5.85. The molecule has 0 atom stereocenters. The van der Waals surface area contributed by atoms with Crippen LogP contribution in [-0.4, -0.2) is 29.7 Å². The molecule has 0 spiro atoms. The molecular weight excluding hydrogens is 304 g/mol. The molecule has 3 rings (SSSR count). The molecule has 1 aliphatic rings. The van der Waals surface area contributed by atoms with Gasteiger partial charge in [-0.1, -0.05) is 25.1 Å². The van der Waals surface area contributed by atoms with Crippen molar-refractivity contribution in [2.24, 2.45) is 0 Å². The van der Waals surface area contributed by atoms with Gasteiger partial charge in [0.25, 0.3) is 17.7 Å². The third kappa shape index (κ3) is 2.48. The minimum atomic E-state index is -0.380. The van der Waals surface area contributed by atoms with Gasteiger partial charge in [-0.3, -0.25) is 19.3 Å². The first-order valence-corrected chi connectivity index (χ1v) is 7.80. The van der Waals surface area contributed by atoms with E-state index in [1.54, 1.807) is 6.07 Å². The van der Waals surface area contributed by atoms with Crippen molar-refractivity contribution in [2.75, 3.05) is 12.4 Å². The van der Waals surface area contributed by atoms with Crippen molar-refractivity contribution >= 4 is 23.4 Å². The van der Waals surface area contributed by atoms with Crippen LogP contribution < -0.4 is 5.32 Å². The second-order valence-electron chi connectivity index (χ2n) is 5.85. The lowest BCUT2D eigenvalue weighted by Gasteiger charge is -2.13. The first-order valence-electron chi connectivity index (χ1n) is 7.80. The van der Waals surface area contributed by atoms with E-state index in [9.17, 15) is 14.4 Å². The molecule has 24 heavy (non-hydrogen) atoms. The Bertz CT molecular complexity index is 871. The number of nitrogens with zero attached hydrogens (tertiary/aromatic N) is 1. The number of aryl methyl sites for hydroxylation is 2. The zero-order valence-electron chi connectivity index (χ0n) is 13.8. The van der Waals surface area contributed by atoms with Gasteiger partial charge in [-0.25, -0.2) is 0 Å². The van der Waals surface area contributed by atoms with E-state index in [-0.39, 0.29) is 23.3 Å². The zero-order chi connectivity index (χ0) is 17.4. The Morgan fingerprint density at radius 3 is 2.50 bits per heavy atom. The summed E-state index contributed by atoms with van der Waals surface area (Å²) in [4.78, 5) is 37.6. The Balaban J connectivity index is 1.93. The lowest BCUT2D eigenvalue weighted by atomic mass is 10.0. The SMILES string of the molecule is CCc1cccc(C)c1NC(=O)c1ccc2c(c1)C(=O)N(C)C2=O. The van der Waals surface area contributed by atoms with Gasteiger partial charge in [0.2, 0.25) is 0 Å². The number of hydrogen-bond acceptors (Lipinski definition) is 3. The van der Waals surface area contributed by atoms with E-state index in [0.29, 0.717) is 11.1 Å². The normalized spacial score (nSPS) is 13.2. The quantitative estimate of drug-likeness (QED) is 0.883. The van der Waals surface area contributed by atoms with E-state index in [4.69, 9.17) is 0 Å². The summed E-state index contributed by atoms with van der Waals surface area (Å²) >= 11 is 0. The number of carbonyl (C=O) groups is 3. The minimum absolute atomic E-state index is 0.274. The molecule has 5 heteroatoms. The number of imide groups is 1. The molecule has 122 valence electrons. The van der Waals surface area contributed by atoms with Gasteiger partial charge in [-0.05, 0) is 42.7 Å². The molecule has 1 N–H and O–H groups in total. The molecule has 0 saturated heterocycles. The Morgan fingerprint density at radius 1 is 1.08 bits per heavy atom. The van der Waals surface area contributed by atoms with Crippen LogP contribution >= 0.6 is 0 Å². The van der Waals surface area contributed by atoms with Crippen molar-refractivity contribution in [2.45, 2.75) is 20.3 Å². The van der Waals surface area contributed by atoms with Gasteiger partial charge in [-0.2, -0.15) is 0 Å². The van der Waals surface area contributed by atoms with Crippen LogP contribution in [-0.2, 0) is 6.42 Å². The summed E-state index contributed by atoms with van der Waals surface area (Å²) in [5, 5.41) is 2.93. The molecule has 2 aromatic rings. The monoisotopic (exact) mass is 322 g/mol. The third-order valence-electron chi connectivity index (χ3n) is 4.33. The maximum atomic E-state index is 12.6. The lowest BCUT2D eigenvalue weighted by molar-refractivity contribution is 0.0693. The van der Waals surface area contributed by atoms with Crippen molar-refractivity contribution in [1.29, 1.82) is 0 Å². The fourth-order valence-corrected chi connectivity index (χ4v) is 2.89. The van der Waals surface area contributed by atoms with Gasteiger partial charge < -0.3 is 5.32 Å². The van der Waals surface area contributed by atoms with Gasteiger partial charge in [0.05, 0.1) is 11.1 Å². The van der Waals surface area contributed by atoms with Crippen LogP contribution in [0.25, 0.3) is 0 Å². The van der Waals surface area contributed by atoms with Gasteiger partial charge in [0, 0.05) is 18.3 Å². The highest BCUT2D eigenvalue weighted by atomic mass is 16.2. The largest absolute Gasteiger partial charge is 0.321 e. The van der Waals surface area contributed by atoms with E-state index in [1.807, 2.05) is 32.0 Å². The van der Waals surface area contributed by atoms with Gasteiger partial charge in [0.1, 0.15) is 0 Å². The van der Waals surface area contributed by atoms with Gasteiger partial charge >= 0.3 is 0 Å². The molecule has 1 heterocycles. The number of benzene rings is 2. The number of para-hydroxylation sites is 1. The Morgan fingerprint density at radius 2 is 1.79 bits per heavy atom. The van der Waals surface area contributed by atoms with E-state index >= 15 is 0 Å². The number of fused-ring (bicyclic) bond motifs is 1. The van der Waals surface area contributed by atoms with Crippen molar-refractivity contribution in [1.82, 2.24) is 4.90 Å². The molecule has 0 saturated carbocycles. The smallest absolute Gasteiger partial charge is 0.261 e. The van der Waals surface area contributed by atoms with Crippen molar-refractivity contribution in [3.8, 4) is 0 Å². The summed E-state index contributed by atoms with van der Waals surface area (Å²) in [7, 11) is 1.44. The maximum absolute atomic E-state index is 12.6. The van der Waals surface area contributed by atoms with Crippen LogP contribution in [0.15, 0.2) is 36.4 Å². The minimum Gasteiger partial charge on any atom is -0.321 e. The number of anilines is 1. The average molecular weight is 322 g/mol. The Labute approximate surface area is 140 Å². The van der Waals surface area contributed by atoms with Crippen molar-refractivity contribution < 1.29 is 14.4 Å². The maximum Gasteiger partial charge on any atom is 0.261 e. The van der Waals surface area contributed by atoms with E-state index in [2.05, 4.69) is 5.32 Å². The van der Waals surface area contributed by atoms with E-state index in [1.165, 1.54) is 19.2 Å². The van der Waals surface area contributed by atoms with E-state index in [0.717, 1.165) is 28.1 Å². The summed E-state index contributed by atoms with van der Waals surface area (Å²) in [6, 6.07) is 10.5. The van der Waals surface area contributed by atoms with Gasteiger partial charge in [0.15, 0.2) is 0 Å². The molecule has 2 aromatic carbocycles. The first-order chi connectivity index (χ1) is 11.4. The predicted molar refractivity (Wildman–Crippen MR) is 91.4 cm³/mol. The fourth-order valence-electron chi connectivity index (χ4n) is 2.89. The summed E-state index contributed by atoms with van der Waals surface area (Å²) in [5.74, 6) is -1.01. The third-order valence-corrected chi connectivity index (χ3v) is 4.33. The van der Waals surface area contributed by atoms with Crippen LogP contribution in [0.4, 0.5) is 5.69 Å². The van der Waals surface area contributed by atoms with E-state index < -0.39 is 0 Å². The highest BCUT2D eigenvalue weighted by Gasteiger charge is 2.33. The van der Waals surface area contributed by atoms with Crippen LogP contribution in [0, 0.1) is 6.92 Å². The number of rotatable bonds is 3. The van der Waals surface area contributed by atoms with Crippen molar-refractivity contribution in [3.63, 3.8) is 0 Å². The standard InChI is InChI=1S/C19H18N2O3/c1-4-12-7-5-6-11(2)16(12)20-17(22)13-8-9-14-15(10-13)19(24)21(3)18(14)23/h5-10H,4H2,1-3H3,(H,20,22). The molecule has 0 aromatic heterocycles. The molecular formula is C19H18N2O3. The summed E-state index contributed by atoms with van der Waals surface area (Å²) in [5.41, 5.74) is 3.80. The molecule has 0 bridgehead atoms. The average Bonchev–Trinajstić information content (AvgIpc) is 2.80. The highest BCUT2D eigenvalue weighted by molar-refractivity contribution is 6.22. The molecule has 0 radical (unpaired) electrons. The number of carbonyl (C=O) groups excluding carboxylic acids is 3. The predicted octanol–water partition coefficient (Wildman–Crippen LogP) is 3.04. The highest BCUT2D eigenvalue weighted by Crippen LogP contribution is 2.25. The molecule has 5 nitrogen and oxygen atoms in total. The Kier molecular flexibility index (Phi) is 3.93. The molecule has 0 unspecified atom stereocenters. The van der Waals surface area contributed by atoms with Crippen LogP contribution in [0.1, 0.15) is 49.1 Å². The summed E-state index contributed by atoms with van der Waals surface area (Å²) in [6.45, 7) is 3.97. The summed E-state index contributed by atoms with van der Waals surface area (Å²) in [6.07, 6.45) is 0.805. The number of amides is 3. The molecule has 0 fully saturated rings. The molecule has 1 aliphatic heterocycles. The Hall–Kier alpha value is -2.95. The van der Waals surface area contributed by atoms with Crippen LogP contribution in [0.2, 0.25) is 0 Å². The van der Waals surface area contributed by atoms with Crippen molar-refractivity contribution in [3.05, 3.63) is 64.2 Å². The second kappa shape index (κ2) is 5.92. The molecule has 0 aliphatic carbocycles. The van der Waals surface area contributed by atoms with Crippen LogP contribution in [0.5, 0.6) is 0 Å².